The second-order valence-electron chi connectivity index (χ2n) is 5.95. The lowest BCUT2D eigenvalue weighted by molar-refractivity contribution is 0.223. The van der Waals surface area contributed by atoms with Crippen molar-refractivity contribution < 1.29 is 4.74 Å². The smallest absolute Gasteiger partial charge is 0.191 e. The van der Waals surface area contributed by atoms with E-state index in [0.29, 0.717) is 6.54 Å². The molecule has 136 valence electrons. The molecule has 2 aromatic rings. The largest absolute Gasteiger partial charge is 0.489 e. The Morgan fingerprint density at radius 2 is 2.20 bits per heavy atom. The van der Waals surface area contributed by atoms with Crippen molar-refractivity contribution in [2.24, 2.45) is 4.99 Å². The molecule has 0 aliphatic carbocycles. The number of guanidine groups is 1. The quantitative estimate of drug-likeness (QED) is 0.561. The molecular weight excluding hydrogens is 332 g/mol. The number of aliphatic imine (C=N–C) groups is 1. The van der Waals surface area contributed by atoms with Crippen LogP contribution in [0.4, 0.5) is 0 Å². The number of benzene rings is 1. The average Bonchev–Trinajstić information content (AvgIpc) is 3.06. The molecule has 0 spiro atoms. The topological polar surface area (TPSA) is 58.5 Å². The maximum atomic E-state index is 5.93. The summed E-state index contributed by atoms with van der Waals surface area (Å²) in [6.07, 6.45) is 3.97. The van der Waals surface area contributed by atoms with Gasteiger partial charge in [0.15, 0.2) is 5.96 Å². The van der Waals surface area contributed by atoms with E-state index in [1.54, 1.807) is 18.4 Å². The monoisotopic (exact) mass is 360 g/mol. The number of nitrogens with zero attached hydrogens (tertiary/aromatic N) is 2. The van der Waals surface area contributed by atoms with E-state index in [1.165, 1.54) is 10.4 Å². The molecule has 0 saturated heterocycles. The van der Waals surface area contributed by atoms with Gasteiger partial charge in [-0.15, -0.1) is 11.3 Å². The van der Waals surface area contributed by atoms with Gasteiger partial charge in [-0.25, -0.2) is 4.98 Å². The van der Waals surface area contributed by atoms with Gasteiger partial charge in [0.2, 0.25) is 0 Å². The Kier molecular flexibility index (Phi) is 7.73. The number of aromatic nitrogens is 1. The Hall–Kier alpha value is -2.08. The van der Waals surface area contributed by atoms with Crippen molar-refractivity contribution in [2.45, 2.75) is 39.7 Å². The van der Waals surface area contributed by atoms with Gasteiger partial charge in [0.05, 0.1) is 11.6 Å². The van der Waals surface area contributed by atoms with Crippen LogP contribution in [0.15, 0.2) is 35.5 Å². The van der Waals surface area contributed by atoms with Crippen LogP contribution >= 0.6 is 11.3 Å². The lowest BCUT2D eigenvalue weighted by Gasteiger charge is -2.18. The number of aryl methyl sites for hydroxylation is 2. The van der Waals surface area contributed by atoms with E-state index in [1.807, 2.05) is 31.3 Å². The molecule has 0 fully saturated rings. The molecule has 1 unspecified atom stereocenters. The lowest BCUT2D eigenvalue weighted by atomic mass is 10.2. The van der Waals surface area contributed by atoms with Gasteiger partial charge in [-0.2, -0.15) is 0 Å². The Labute approximate surface area is 154 Å². The van der Waals surface area contributed by atoms with Gasteiger partial charge in [0.1, 0.15) is 11.9 Å². The SMILES string of the molecule is CCc1cnc(CCNC(=NC)NCC(C)Oc2cccc(C)c2)s1. The highest BCUT2D eigenvalue weighted by Gasteiger charge is 2.06. The third kappa shape index (κ3) is 6.74. The average molecular weight is 361 g/mol. The van der Waals surface area contributed by atoms with Gasteiger partial charge in [-0.05, 0) is 38.0 Å². The molecular formula is C19H28N4OS. The van der Waals surface area contributed by atoms with Crippen molar-refractivity contribution in [1.82, 2.24) is 15.6 Å². The Morgan fingerprint density at radius 3 is 2.88 bits per heavy atom. The molecule has 1 heterocycles. The van der Waals surface area contributed by atoms with Gasteiger partial charge < -0.3 is 15.4 Å². The third-order valence-corrected chi connectivity index (χ3v) is 4.89. The molecule has 0 radical (unpaired) electrons. The van der Waals surface area contributed by atoms with Crippen LogP contribution in [0.5, 0.6) is 5.75 Å². The van der Waals surface area contributed by atoms with Crippen LogP contribution < -0.4 is 15.4 Å². The van der Waals surface area contributed by atoms with E-state index in [9.17, 15) is 0 Å². The second kappa shape index (κ2) is 10.0. The van der Waals surface area contributed by atoms with Crippen LogP contribution in [0.1, 0.15) is 29.3 Å². The first-order valence-electron chi connectivity index (χ1n) is 8.72. The minimum atomic E-state index is 0.0476. The number of rotatable bonds is 8. The summed E-state index contributed by atoms with van der Waals surface area (Å²) in [5.41, 5.74) is 1.20. The first kappa shape index (κ1) is 19.2. The Balaban J connectivity index is 1.70. The highest BCUT2D eigenvalue weighted by Crippen LogP contribution is 2.14. The van der Waals surface area contributed by atoms with E-state index in [4.69, 9.17) is 4.74 Å². The normalized spacial score (nSPS) is 12.7. The fraction of sp³-hybridized carbons (Fsp3) is 0.474. The summed E-state index contributed by atoms with van der Waals surface area (Å²) in [4.78, 5) is 10.0. The van der Waals surface area contributed by atoms with Gasteiger partial charge >= 0.3 is 0 Å². The predicted octanol–water partition coefficient (Wildman–Crippen LogP) is 3.19. The number of thiazole rings is 1. The molecule has 2 rings (SSSR count). The Bertz CT molecular complexity index is 684. The second-order valence-corrected chi connectivity index (χ2v) is 7.15. The van der Waals surface area contributed by atoms with Crippen molar-refractivity contribution >= 4 is 17.3 Å². The van der Waals surface area contributed by atoms with E-state index in [-0.39, 0.29) is 6.10 Å². The molecule has 0 aliphatic rings. The van der Waals surface area contributed by atoms with Crippen molar-refractivity contribution in [3.63, 3.8) is 0 Å². The first-order valence-corrected chi connectivity index (χ1v) is 9.53. The number of hydrogen-bond donors (Lipinski definition) is 2. The molecule has 0 bridgehead atoms. The summed E-state index contributed by atoms with van der Waals surface area (Å²) in [5, 5.41) is 7.79. The summed E-state index contributed by atoms with van der Waals surface area (Å²) in [5.74, 6) is 1.68. The van der Waals surface area contributed by atoms with Crippen molar-refractivity contribution in [2.75, 3.05) is 20.1 Å². The summed E-state index contributed by atoms with van der Waals surface area (Å²) in [6.45, 7) is 7.76. The highest BCUT2D eigenvalue weighted by molar-refractivity contribution is 7.11. The minimum Gasteiger partial charge on any atom is -0.489 e. The third-order valence-electron chi connectivity index (χ3n) is 3.69. The van der Waals surface area contributed by atoms with E-state index in [2.05, 4.69) is 40.5 Å². The number of nitrogens with one attached hydrogen (secondary N) is 2. The molecule has 1 aromatic carbocycles. The molecule has 2 N–H and O–H groups in total. The predicted molar refractivity (Wildman–Crippen MR) is 106 cm³/mol. The van der Waals surface area contributed by atoms with Gasteiger partial charge in [0.25, 0.3) is 0 Å². The van der Waals surface area contributed by atoms with E-state index >= 15 is 0 Å². The molecule has 6 heteroatoms. The maximum absolute atomic E-state index is 5.93. The molecule has 0 amide bonds. The fourth-order valence-corrected chi connectivity index (χ4v) is 3.20. The summed E-state index contributed by atoms with van der Waals surface area (Å²) < 4.78 is 5.93. The minimum absolute atomic E-state index is 0.0476. The molecule has 25 heavy (non-hydrogen) atoms. The van der Waals surface area contributed by atoms with Crippen LogP contribution in [0.3, 0.4) is 0 Å². The van der Waals surface area contributed by atoms with Crippen LogP contribution in [0.25, 0.3) is 0 Å². The molecule has 0 aliphatic heterocycles. The zero-order valence-electron chi connectivity index (χ0n) is 15.5. The van der Waals surface area contributed by atoms with Crippen LogP contribution in [-0.2, 0) is 12.8 Å². The standard InChI is InChI=1S/C19H28N4OS/c1-5-17-13-22-18(25-17)9-10-21-19(20-4)23-12-15(3)24-16-8-6-7-14(2)11-16/h6-8,11,13,15H,5,9-10,12H2,1-4H3,(H2,20,21,23). The summed E-state index contributed by atoms with van der Waals surface area (Å²) in [7, 11) is 1.78. The number of ether oxygens (including phenoxy) is 1. The summed E-state index contributed by atoms with van der Waals surface area (Å²) in [6, 6.07) is 8.10. The molecule has 0 saturated carbocycles. The van der Waals surface area contributed by atoms with Crippen molar-refractivity contribution in [3.05, 3.63) is 45.9 Å². The lowest BCUT2D eigenvalue weighted by Crippen LogP contribution is -2.42. The fourth-order valence-electron chi connectivity index (χ4n) is 2.34. The Morgan fingerprint density at radius 1 is 1.36 bits per heavy atom. The molecule has 1 aromatic heterocycles. The van der Waals surface area contributed by atoms with E-state index in [0.717, 1.165) is 36.1 Å². The van der Waals surface area contributed by atoms with Crippen molar-refractivity contribution in [3.8, 4) is 5.75 Å². The zero-order valence-corrected chi connectivity index (χ0v) is 16.3. The highest BCUT2D eigenvalue weighted by atomic mass is 32.1. The van der Waals surface area contributed by atoms with Crippen LogP contribution in [0, 0.1) is 6.92 Å². The first-order chi connectivity index (χ1) is 12.1. The molecule has 1 atom stereocenters. The summed E-state index contributed by atoms with van der Waals surface area (Å²) >= 11 is 1.78. The van der Waals surface area contributed by atoms with E-state index < -0.39 is 0 Å². The maximum Gasteiger partial charge on any atom is 0.191 e. The molecule has 5 nitrogen and oxygen atoms in total. The van der Waals surface area contributed by atoms with Gasteiger partial charge in [-0.3, -0.25) is 4.99 Å². The van der Waals surface area contributed by atoms with Gasteiger partial charge in [0, 0.05) is 31.1 Å². The van der Waals surface area contributed by atoms with Crippen LogP contribution in [0.2, 0.25) is 0 Å². The zero-order chi connectivity index (χ0) is 18.1. The van der Waals surface area contributed by atoms with Gasteiger partial charge in [-0.1, -0.05) is 19.1 Å². The number of hydrogen-bond acceptors (Lipinski definition) is 4. The van der Waals surface area contributed by atoms with Crippen molar-refractivity contribution in [1.29, 1.82) is 0 Å². The van der Waals surface area contributed by atoms with Crippen LogP contribution in [-0.4, -0.2) is 37.2 Å².